The molecular weight excluding hydrogens is 722 g/mol. The van der Waals surface area contributed by atoms with Crippen molar-refractivity contribution in [2.75, 3.05) is 26.4 Å². The second-order valence-corrected chi connectivity index (χ2v) is 15.5. The van der Waals surface area contributed by atoms with Gasteiger partial charge in [0.05, 0.1) is 62.5 Å². The third-order valence-corrected chi connectivity index (χ3v) is 11.1. The molecule has 0 bridgehead atoms. The predicted molar refractivity (Wildman–Crippen MR) is 217 cm³/mol. The van der Waals surface area contributed by atoms with Crippen LogP contribution in [0.5, 0.6) is 0 Å². The van der Waals surface area contributed by atoms with Gasteiger partial charge in [-0.1, -0.05) is 54.7 Å². The molecular formula is C43H79NO12. The number of carbonyl (C=O) groups is 2. The van der Waals surface area contributed by atoms with Gasteiger partial charge in [-0.15, -0.1) is 0 Å². The first-order valence-corrected chi connectivity index (χ1v) is 21.1. The molecule has 0 aliphatic carbocycles. The summed E-state index contributed by atoms with van der Waals surface area (Å²) >= 11 is 0. The van der Waals surface area contributed by atoms with Gasteiger partial charge in [0.15, 0.2) is 0 Å². The third kappa shape index (κ3) is 16.2. The van der Waals surface area contributed by atoms with Crippen LogP contribution in [0.1, 0.15) is 126 Å². The Kier molecular flexibility index (Phi) is 25.4. The van der Waals surface area contributed by atoms with Crippen LogP contribution in [-0.2, 0) is 38.0 Å². The highest BCUT2D eigenvalue weighted by Crippen LogP contribution is 2.40. The molecule has 14 atom stereocenters. The average molecular weight is 802 g/mol. The Morgan fingerprint density at radius 1 is 0.804 bits per heavy atom. The molecule has 328 valence electrons. The fraction of sp³-hybridized carbons (Fsp3) is 0.860. The highest BCUT2D eigenvalue weighted by Gasteiger charge is 2.57. The van der Waals surface area contributed by atoms with Crippen molar-refractivity contribution in [2.45, 2.75) is 199 Å². The minimum Gasteiger partial charge on any atom is -0.394 e. The van der Waals surface area contributed by atoms with Gasteiger partial charge in [0, 0.05) is 32.3 Å². The molecule has 56 heavy (non-hydrogen) atoms. The van der Waals surface area contributed by atoms with E-state index in [0.717, 1.165) is 37.9 Å². The van der Waals surface area contributed by atoms with Crippen LogP contribution < -0.4 is 6.15 Å². The minimum absolute atomic E-state index is 0. The van der Waals surface area contributed by atoms with E-state index >= 15 is 0 Å². The van der Waals surface area contributed by atoms with Crippen LogP contribution in [0.3, 0.4) is 0 Å². The molecule has 0 aromatic rings. The van der Waals surface area contributed by atoms with Crippen molar-refractivity contribution in [3.8, 4) is 0 Å². The van der Waals surface area contributed by atoms with Gasteiger partial charge < -0.3 is 55.0 Å². The monoisotopic (exact) mass is 802 g/mol. The number of fused-ring (bicyclic) bond motifs is 2. The van der Waals surface area contributed by atoms with Crippen molar-refractivity contribution < 1.29 is 58.4 Å². The fourth-order valence-electron chi connectivity index (χ4n) is 7.71. The number of hydrogen-bond donors (Lipinski definition) is 5. The molecule has 9 unspecified atom stereocenters. The van der Waals surface area contributed by atoms with Crippen LogP contribution in [0, 0.1) is 11.8 Å². The molecule has 6 saturated heterocycles. The molecule has 0 amide bonds. The molecule has 0 spiro atoms. The maximum atomic E-state index is 12.6. The molecule has 7 N–H and O–H groups in total. The summed E-state index contributed by atoms with van der Waals surface area (Å²) in [6, 6.07) is 0. The summed E-state index contributed by atoms with van der Waals surface area (Å²) in [5.41, 5.74) is 2.30. The lowest BCUT2D eigenvalue weighted by atomic mass is 9.86. The molecule has 6 fully saturated rings. The maximum Gasteiger partial charge on any atom is 0.135 e. The normalized spacial score (nSPS) is 36.2. The van der Waals surface area contributed by atoms with Crippen molar-refractivity contribution >= 4 is 11.6 Å². The third-order valence-electron chi connectivity index (χ3n) is 11.1. The number of carbonyl (C=O) groups excluding carboxylic acids is 2. The molecule has 13 heteroatoms. The fourth-order valence-corrected chi connectivity index (χ4v) is 7.71. The summed E-state index contributed by atoms with van der Waals surface area (Å²) in [5.74, 6) is 1.07. The van der Waals surface area contributed by atoms with Crippen LogP contribution >= 0.6 is 0 Å². The SMILES string of the molecule is C=C1COC(CCC(=O)CC2OC3C(O[C@H]4CCC(CC(=O)CC5CCO[C@H]5C)O[C@@H]4C3O)C2O)C1.C=C1CO[C@@H](CC)C[C@H]1C.CC.CC.CC(O)CO.N. The van der Waals surface area contributed by atoms with E-state index in [0.29, 0.717) is 63.8 Å². The Balaban J connectivity index is 0.000000653. The molecule has 6 aliphatic rings. The lowest BCUT2D eigenvalue weighted by Crippen LogP contribution is -2.61. The maximum absolute atomic E-state index is 12.6. The van der Waals surface area contributed by atoms with Crippen LogP contribution in [0.2, 0.25) is 0 Å². The quantitative estimate of drug-likeness (QED) is 0.162. The number of rotatable bonds is 11. The highest BCUT2D eigenvalue weighted by atomic mass is 16.6. The van der Waals surface area contributed by atoms with Gasteiger partial charge in [0.25, 0.3) is 0 Å². The van der Waals surface area contributed by atoms with E-state index in [9.17, 15) is 19.8 Å². The summed E-state index contributed by atoms with van der Waals surface area (Å²) in [6.07, 6.45) is 1.71. The largest absolute Gasteiger partial charge is 0.394 e. The van der Waals surface area contributed by atoms with Crippen molar-refractivity contribution in [1.29, 1.82) is 0 Å². The van der Waals surface area contributed by atoms with Gasteiger partial charge in [0.2, 0.25) is 0 Å². The number of Topliss-reactive ketones (excluding diaryl/α,β-unsaturated/α-hetero) is 2. The standard InChI is InChI=1S/C27H40O9.C9H16O.C3H8O2.2C2H6.H3N/c1-14-9-19(33-13-14)4-3-17(28)12-22-23(30)26-27(36-22)24(31)25-21(35-26)6-5-20(34-25)11-18(29)10-16-7-8-32-15(16)2;1-4-9-5-7(2)8(3)6-10-9;1-3(5)2-4;2*1-2;/h15-16,19-27,30-31H,1,3-13H2,2H3;7,9H,3-6H2,1-2H3;3-5H,2H2,1H3;2*1-2H3;1H3/t15-,16?,19?,20?,21-,22?,23?,24?,25-,26?,27?;7-,9+;;;;/m01..../s1. The Morgan fingerprint density at radius 3 is 2.00 bits per heavy atom. The van der Waals surface area contributed by atoms with Crippen molar-refractivity contribution in [2.24, 2.45) is 11.8 Å². The molecule has 0 radical (unpaired) electrons. The van der Waals surface area contributed by atoms with Gasteiger partial charge in [-0.2, -0.15) is 0 Å². The zero-order valence-corrected chi connectivity index (χ0v) is 35.9. The smallest absolute Gasteiger partial charge is 0.135 e. The van der Waals surface area contributed by atoms with Crippen molar-refractivity contribution in [1.82, 2.24) is 6.15 Å². The number of ketones is 2. The Morgan fingerprint density at radius 2 is 1.45 bits per heavy atom. The van der Waals surface area contributed by atoms with E-state index in [1.165, 1.54) is 12.5 Å². The lowest BCUT2D eigenvalue weighted by molar-refractivity contribution is -0.259. The molecule has 6 heterocycles. The van der Waals surface area contributed by atoms with E-state index in [2.05, 4.69) is 27.0 Å². The summed E-state index contributed by atoms with van der Waals surface area (Å²) in [4.78, 5) is 25.2. The van der Waals surface area contributed by atoms with Gasteiger partial charge in [-0.3, -0.25) is 9.59 Å². The van der Waals surface area contributed by atoms with Crippen LogP contribution in [0.15, 0.2) is 24.3 Å². The second kappa shape index (κ2) is 27.2. The van der Waals surface area contributed by atoms with Gasteiger partial charge in [0.1, 0.15) is 42.1 Å². The first-order chi connectivity index (χ1) is 26.3. The molecule has 6 aliphatic heterocycles. The Labute approximate surface area is 337 Å². The first kappa shape index (κ1) is 52.4. The van der Waals surface area contributed by atoms with Crippen LogP contribution in [0.4, 0.5) is 0 Å². The highest BCUT2D eigenvalue weighted by molar-refractivity contribution is 5.79. The summed E-state index contributed by atoms with van der Waals surface area (Å²) in [5, 5.41) is 37.9. The van der Waals surface area contributed by atoms with E-state index in [1.54, 1.807) is 0 Å². The van der Waals surface area contributed by atoms with E-state index in [1.807, 2.05) is 34.6 Å². The van der Waals surface area contributed by atoms with Gasteiger partial charge in [-0.25, -0.2) is 0 Å². The molecule has 0 aromatic carbocycles. The minimum atomic E-state index is -0.998. The summed E-state index contributed by atoms with van der Waals surface area (Å²) < 4.78 is 34.9. The predicted octanol–water partition coefficient (Wildman–Crippen LogP) is 5.60. The molecule has 13 nitrogen and oxygen atoms in total. The zero-order valence-electron chi connectivity index (χ0n) is 35.9. The molecule has 0 aromatic heterocycles. The summed E-state index contributed by atoms with van der Waals surface area (Å²) in [6.45, 7) is 25.7. The van der Waals surface area contributed by atoms with E-state index < -0.39 is 42.7 Å². The van der Waals surface area contributed by atoms with Gasteiger partial charge in [-0.05, 0) is 81.8 Å². The van der Waals surface area contributed by atoms with E-state index in [4.69, 9.17) is 38.6 Å². The average Bonchev–Trinajstić information content (AvgIpc) is 3.88. The Bertz CT molecular complexity index is 1150. The van der Waals surface area contributed by atoms with Crippen molar-refractivity contribution in [3.63, 3.8) is 0 Å². The number of aliphatic hydroxyl groups is 4. The van der Waals surface area contributed by atoms with Crippen LogP contribution in [-0.4, -0.2) is 132 Å². The van der Waals surface area contributed by atoms with Gasteiger partial charge >= 0.3 is 0 Å². The number of ether oxygens (including phenoxy) is 6. The number of aliphatic hydroxyl groups excluding tert-OH is 4. The number of hydrogen-bond acceptors (Lipinski definition) is 13. The van der Waals surface area contributed by atoms with Crippen molar-refractivity contribution in [3.05, 3.63) is 24.3 Å². The topological polar surface area (TPSA) is 205 Å². The first-order valence-electron chi connectivity index (χ1n) is 21.1. The summed E-state index contributed by atoms with van der Waals surface area (Å²) in [7, 11) is 0. The van der Waals surface area contributed by atoms with E-state index in [-0.39, 0.29) is 61.1 Å². The molecule has 0 saturated carbocycles. The Hall–Kier alpha value is -1.62. The van der Waals surface area contributed by atoms with Crippen LogP contribution in [0.25, 0.3) is 0 Å². The zero-order chi connectivity index (χ0) is 41.2. The molecule has 6 rings (SSSR count). The second-order valence-electron chi connectivity index (χ2n) is 15.5. The lowest BCUT2D eigenvalue weighted by Gasteiger charge is -2.46.